The molecule has 0 bridgehead atoms. The van der Waals surface area contributed by atoms with Crippen LogP contribution in [0.5, 0.6) is 5.75 Å². The highest BCUT2D eigenvalue weighted by Gasteiger charge is 2.34. The molecular weight excluding hydrogens is 406 g/mol. The number of sulfone groups is 1. The average Bonchev–Trinajstić information content (AvgIpc) is 3.17. The molecule has 0 aliphatic carbocycles. The number of fused-ring (bicyclic) bond motifs is 1. The van der Waals surface area contributed by atoms with E-state index >= 15 is 0 Å². The predicted molar refractivity (Wildman–Crippen MR) is 114 cm³/mol. The van der Waals surface area contributed by atoms with Gasteiger partial charge in [-0.25, -0.2) is 8.42 Å². The van der Waals surface area contributed by atoms with Crippen LogP contribution in [0.4, 0.5) is 5.69 Å². The van der Waals surface area contributed by atoms with E-state index in [0.717, 1.165) is 22.6 Å². The van der Waals surface area contributed by atoms with Gasteiger partial charge < -0.3 is 10.1 Å². The minimum absolute atomic E-state index is 0.157. The molecule has 3 aromatic rings. The van der Waals surface area contributed by atoms with Gasteiger partial charge in [0.25, 0.3) is 0 Å². The fourth-order valence-electron chi connectivity index (χ4n) is 3.41. The first-order valence-corrected chi connectivity index (χ1v) is 11.8. The van der Waals surface area contributed by atoms with Gasteiger partial charge in [-0.1, -0.05) is 37.3 Å². The molecule has 150 valence electrons. The van der Waals surface area contributed by atoms with E-state index in [0.29, 0.717) is 12.3 Å². The second kappa shape index (κ2) is 8.00. The van der Waals surface area contributed by atoms with E-state index in [2.05, 4.69) is 12.2 Å². The van der Waals surface area contributed by atoms with E-state index in [-0.39, 0.29) is 28.0 Å². The summed E-state index contributed by atoms with van der Waals surface area (Å²) in [5.41, 5.74) is 1.38. The Bertz CT molecular complexity index is 1120. The van der Waals surface area contributed by atoms with Crippen LogP contribution in [-0.2, 0) is 14.6 Å². The first-order chi connectivity index (χ1) is 14.0. The van der Waals surface area contributed by atoms with Gasteiger partial charge in [-0.05, 0) is 36.2 Å². The van der Waals surface area contributed by atoms with Crippen molar-refractivity contribution in [2.45, 2.75) is 35.5 Å². The molecule has 2 heterocycles. The minimum Gasteiger partial charge on any atom is -0.494 e. The normalized spacial score (nSPS) is 16.2. The predicted octanol–water partition coefficient (Wildman–Crippen LogP) is 4.84. The zero-order valence-electron chi connectivity index (χ0n) is 15.9. The minimum atomic E-state index is -3.71. The number of ether oxygens (including phenoxy) is 1. The van der Waals surface area contributed by atoms with Gasteiger partial charge in [0.2, 0.25) is 15.7 Å². The number of anilines is 1. The molecular formula is C22H21NO4S2. The Labute approximate surface area is 174 Å². The van der Waals surface area contributed by atoms with E-state index in [9.17, 15) is 13.2 Å². The smallest absolute Gasteiger partial charge is 0.225 e. The van der Waals surface area contributed by atoms with Crippen molar-refractivity contribution in [2.75, 3.05) is 11.9 Å². The van der Waals surface area contributed by atoms with Crippen molar-refractivity contribution in [2.24, 2.45) is 0 Å². The van der Waals surface area contributed by atoms with Crippen molar-refractivity contribution in [1.29, 1.82) is 0 Å². The second-order valence-corrected chi connectivity index (χ2v) is 9.71. The number of rotatable bonds is 6. The number of carbonyl (C=O) groups is 1. The molecule has 0 fully saturated rings. The zero-order valence-corrected chi connectivity index (χ0v) is 17.6. The highest BCUT2D eigenvalue weighted by atomic mass is 32.2. The van der Waals surface area contributed by atoms with Crippen molar-refractivity contribution >= 4 is 32.8 Å². The Morgan fingerprint density at radius 3 is 2.52 bits per heavy atom. The summed E-state index contributed by atoms with van der Waals surface area (Å²) in [6.45, 7) is 2.70. The van der Waals surface area contributed by atoms with Crippen LogP contribution >= 0.6 is 11.3 Å². The summed E-state index contributed by atoms with van der Waals surface area (Å²) < 4.78 is 31.8. The van der Waals surface area contributed by atoms with Gasteiger partial charge in [-0.15, -0.1) is 11.3 Å². The zero-order chi connectivity index (χ0) is 20.4. The van der Waals surface area contributed by atoms with Crippen molar-refractivity contribution in [3.63, 3.8) is 0 Å². The summed E-state index contributed by atoms with van der Waals surface area (Å²) in [4.78, 5) is 13.6. The lowest BCUT2D eigenvalue weighted by molar-refractivity contribution is -0.116. The molecule has 0 unspecified atom stereocenters. The molecule has 4 rings (SSSR count). The fraction of sp³-hybridized carbons (Fsp3) is 0.227. The topological polar surface area (TPSA) is 72.5 Å². The van der Waals surface area contributed by atoms with Crippen LogP contribution < -0.4 is 10.1 Å². The maximum absolute atomic E-state index is 13.1. The first-order valence-electron chi connectivity index (χ1n) is 9.45. The standard InChI is InChI=1S/C22H21NO4S2/c1-2-12-27-16-10-8-15(9-11-16)18-13-20(24)23-21-19(14-28-22(18)21)29(25,26)17-6-4-3-5-7-17/h3-11,14,18H,2,12-13H2,1H3,(H,23,24)/t18-/m1/s1. The molecule has 29 heavy (non-hydrogen) atoms. The third kappa shape index (κ3) is 3.80. The lowest BCUT2D eigenvalue weighted by atomic mass is 9.90. The molecule has 7 heteroatoms. The maximum atomic E-state index is 13.1. The number of nitrogens with one attached hydrogen (secondary N) is 1. The molecule has 1 aromatic heterocycles. The molecule has 1 N–H and O–H groups in total. The van der Waals surface area contributed by atoms with Crippen molar-refractivity contribution in [3.8, 4) is 5.75 Å². The van der Waals surface area contributed by atoms with Crippen LogP contribution in [0.1, 0.15) is 36.1 Å². The van der Waals surface area contributed by atoms with Crippen LogP contribution in [0.25, 0.3) is 0 Å². The lowest BCUT2D eigenvalue weighted by Crippen LogP contribution is -2.23. The highest BCUT2D eigenvalue weighted by molar-refractivity contribution is 7.91. The summed E-state index contributed by atoms with van der Waals surface area (Å²) in [7, 11) is -3.71. The quantitative estimate of drug-likeness (QED) is 0.611. The number of carbonyl (C=O) groups excluding carboxylic acids is 1. The van der Waals surface area contributed by atoms with E-state index in [1.54, 1.807) is 35.7 Å². The van der Waals surface area contributed by atoms with E-state index in [1.807, 2.05) is 24.3 Å². The average molecular weight is 428 g/mol. The summed E-state index contributed by atoms with van der Waals surface area (Å²) in [5.74, 6) is 0.426. The Balaban J connectivity index is 1.71. The number of hydrogen-bond acceptors (Lipinski definition) is 5. The summed E-state index contributed by atoms with van der Waals surface area (Å²) in [6.07, 6.45) is 1.22. The molecule has 1 aliphatic rings. The molecule has 5 nitrogen and oxygen atoms in total. The van der Waals surface area contributed by atoms with E-state index < -0.39 is 9.84 Å². The van der Waals surface area contributed by atoms with E-state index in [1.165, 1.54) is 11.3 Å². The molecule has 2 aromatic carbocycles. The number of amides is 1. The third-order valence-corrected chi connectivity index (χ3v) is 7.89. The Kier molecular flexibility index (Phi) is 5.43. The van der Waals surface area contributed by atoms with Gasteiger partial charge in [0.15, 0.2) is 0 Å². The van der Waals surface area contributed by atoms with Crippen LogP contribution in [-0.4, -0.2) is 20.9 Å². The third-order valence-electron chi connectivity index (χ3n) is 4.85. The first kappa shape index (κ1) is 19.7. The van der Waals surface area contributed by atoms with Crippen LogP contribution in [0, 0.1) is 0 Å². The molecule has 0 radical (unpaired) electrons. The van der Waals surface area contributed by atoms with Crippen LogP contribution in [0.2, 0.25) is 0 Å². The van der Waals surface area contributed by atoms with E-state index in [4.69, 9.17) is 4.74 Å². The van der Waals surface area contributed by atoms with Gasteiger partial charge in [0.1, 0.15) is 10.6 Å². The van der Waals surface area contributed by atoms with Gasteiger partial charge in [-0.2, -0.15) is 0 Å². The molecule has 1 amide bonds. The fourth-order valence-corrected chi connectivity index (χ4v) is 6.34. The van der Waals surface area contributed by atoms with Crippen LogP contribution in [0.15, 0.2) is 69.8 Å². The lowest BCUT2D eigenvalue weighted by Gasteiger charge is -2.24. The number of benzene rings is 2. The molecule has 0 saturated carbocycles. The van der Waals surface area contributed by atoms with Gasteiger partial charge in [0.05, 0.1) is 17.2 Å². The Hall–Kier alpha value is -2.64. The van der Waals surface area contributed by atoms with Gasteiger partial charge in [0, 0.05) is 22.6 Å². The SMILES string of the molecule is CCCOc1ccc([C@H]2CC(=O)Nc3c(S(=O)(=O)c4ccccc4)csc32)cc1. The summed E-state index contributed by atoms with van der Waals surface area (Å²) in [5, 5.41) is 4.42. The maximum Gasteiger partial charge on any atom is 0.225 e. The molecule has 1 atom stereocenters. The second-order valence-electron chi connectivity index (χ2n) is 6.88. The summed E-state index contributed by atoms with van der Waals surface area (Å²) >= 11 is 1.37. The van der Waals surface area contributed by atoms with Gasteiger partial charge in [-0.3, -0.25) is 4.79 Å². The molecule has 1 aliphatic heterocycles. The van der Waals surface area contributed by atoms with Crippen LogP contribution in [0.3, 0.4) is 0 Å². The summed E-state index contributed by atoms with van der Waals surface area (Å²) in [6, 6.07) is 16.0. The van der Waals surface area contributed by atoms with Gasteiger partial charge >= 0.3 is 0 Å². The Morgan fingerprint density at radius 1 is 1.10 bits per heavy atom. The Morgan fingerprint density at radius 2 is 1.83 bits per heavy atom. The molecule has 0 saturated heterocycles. The largest absolute Gasteiger partial charge is 0.494 e. The number of hydrogen-bond donors (Lipinski definition) is 1. The van der Waals surface area contributed by atoms with Crippen molar-refractivity contribution < 1.29 is 17.9 Å². The van der Waals surface area contributed by atoms with Crippen molar-refractivity contribution in [3.05, 3.63) is 70.4 Å². The number of thiophene rings is 1. The monoisotopic (exact) mass is 427 g/mol. The molecule has 0 spiro atoms. The van der Waals surface area contributed by atoms with Crippen molar-refractivity contribution in [1.82, 2.24) is 0 Å². The highest BCUT2D eigenvalue weighted by Crippen LogP contribution is 2.45.